The van der Waals surface area contributed by atoms with Crippen LogP contribution in [0, 0.1) is 0 Å². The van der Waals surface area contributed by atoms with E-state index < -0.39 is 6.10 Å². The predicted molar refractivity (Wildman–Crippen MR) is 110 cm³/mol. The maximum atomic E-state index is 12.3. The molecular formula is C21H32N4O5. The summed E-state index contributed by atoms with van der Waals surface area (Å²) in [7, 11) is 0. The zero-order valence-electron chi connectivity index (χ0n) is 17.3. The molecular weight excluding hydrogens is 388 g/mol. The van der Waals surface area contributed by atoms with E-state index in [0.717, 1.165) is 25.1 Å². The summed E-state index contributed by atoms with van der Waals surface area (Å²) in [6.45, 7) is 3.46. The van der Waals surface area contributed by atoms with Gasteiger partial charge in [0.1, 0.15) is 6.10 Å². The van der Waals surface area contributed by atoms with Crippen molar-refractivity contribution in [3.8, 4) is 0 Å². The van der Waals surface area contributed by atoms with Crippen LogP contribution in [0.4, 0.5) is 0 Å². The van der Waals surface area contributed by atoms with Gasteiger partial charge < -0.3 is 25.2 Å². The number of rotatable bonds is 9. The van der Waals surface area contributed by atoms with Crippen molar-refractivity contribution >= 4 is 11.8 Å². The average molecular weight is 421 g/mol. The summed E-state index contributed by atoms with van der Waals surface area (Å²) in [6, 6.07) is 3.61. The summed E-state index contributed by atoms with van der Waals surface area (Å²) in [6.07, 6.45) is 5.05. The van der Waals surface area contributed by atoms with Crippen LogP contribution in [0.2, 0.25) is 0 Å². The lowest BCUT2D eigenvalue weighted by molar-refractivity contribution is -0.136. The zero-order chi connectivity index (χ0) is 21.2. The number of hydrogen-bond acceptors (Lipinski definition) is 7. The number of aliphatic hydroxyl groups excluding tert-OH is 1. The highest BCUT2D eigenvalue weighted by Gasteiger charge is 2.33. The van der Waals surface area contributed by atoms with Gasteiger partial charge in [0.25, 0.3) is 0 Å². The van der Waals surface area contributed by atoms with Crippen LogP contribution < -0.4 is 10.6 Å². The number of aromatic nitrogens is 1. The van der Waals surface area contributed by atoms with Gasteiger partial charge in [0.05, 0.1) is 44.9 Å². The van der Waals surface area contributed by atoms with Gasteiger partial charge in [-0.2, -0.15) is 0 Å². The Morgan fingerprint density at radius 2 is 1.93 bits per heavy atom. The van der Waals surface area contributed by atoms with E-state index in [2.05, 4.69) is 20.5 Å². The monoisotopic (exact) mass is 420 g/mol. The molecule has 1 aromatic rings. The van der Waals surface area contributed by atoms with Gasteiger partial charge >= 0.3 is 0 Å². The number of carbonyl (C=O) groups excluding carboxylic acids is 2. The largest absolute Gasteiger partial charge is 0.394 e. The van der Waals surface area contributed by atoms with E-state index in [1.807, 2.05) is 12.1 Å². The smallest absolute Gasteiger partial charge is 0.234 e. The summed E-state index contributed by atoms with van der Waals surface area (Å²) < 4.78 is 11.2. The van der Waals surface area contributed by atoms with E-state index in [1.54, 1.807) is 12.4 Å². The highest BCUT2D eigenvalue weighted by Crippen LogP contribution is 2.22. The third kappa shape index (κ3) is 7.32. The summed E-state index contributed by atoms with van der Waals surface area (Å²) >= 11 is 0. The molecule has 9 heteroatoms. The third-order valence-electron chi connectivity index (χ3n) is 5.51. The molecule has 3 heterocycles. The van der Waals surface area contributed by atoms with Crippen LogP contribution in [-0.4, -0.2) is 91.1 Å². The van der Waals surface area contributed by atoms with Gasteiger partial charge in [0.15, 0.2) is 0 Å². The molecule has 166 valence electrons. The van der Waals surface area contributed by atoms with Crippen LogP contribution in [-0.2, 0) is 25.5 Å². The van der Waals surface area contributed by atoms with Crippen molar-refractivity contribution in [2.45, 2.75) is 43.9 Å². The molecule has 2 amide bonds. The first kappa shape index (κ1) is 22.6. The first-order valence-corrected chi connectivity index (χ1v) is 10.7. The van der Waals surface area contributed by atoms with E-state index in [0.29, 0.717) is 39.1 Å². The molecule has 0 unspecified atom stereocenters. The number of morpholine rings is 1. The lowest BCUT2D eigenvalue weighted by atomic mass is 9.97. The van der Waals surface area contributed by atoms with Gasteiger partial charge in [-0.05, 0) is 37.0 Å². The molecule has 3 atom stereocenters. The molecule has 0 saturated carbocycles. The Hall–Kier alpha value is -2.07. The van der Waals surface area contributed by atoms with Crippen LogP contribution in [0.15, 0.2) is 24.5 Å². The fraction of sp³-hybridized carbons (Fsp3) is 0.667. The molecule has 2 fully saturated rings. The van der Waals surface area contributed by atoms with E-state index >= 15 is 0 Å². The number of pyridine rings is 1. The number of carbonyl (C=O) groups is 2. The molecule has 0 aromatic carbocycles. The minimum Gasteiger partial charge on any atom is -0.394 e. The summed E-state index contributed by atoms with van der Waals surface area (Å²) in [5.74, 6) is -0.142. The van der Waals surface area contributed by atoms with E-state index in [9.17, 15) is 14.7 Å². The van der Waals surface area contributed by atoms with Crippen molar-refractivity contribution in [2.75, 3.05) is 46.0 Å². The molecule has 30 heavy (non-hydrogen) atoms. The quantitative estimate of drug-likeness (QED) is 0.493. The fourth-order valence-corrected chi connectivity index (χ4v) is 3.84. The first-order valence-electron chi connectivity index (χ1n) is 10.7. The fourth-order valence-electron chi connectivity index (χ4n) is 3.84. The van der Waals surface area contributed by atoms with Crippen molar-refractivity contribution in [1.82, 2.24) is 20.5 Å². The van der Waals surface area contributed by atoms with Crippen molar-refractivity contribution in [3.05, 3.63) is 30.1 Å². The number of hydrogen-bond donors (Lipinski definition) is 3. The van der Waals surface area contributed by atoms with E-state index in [4.69, 9.17) is 9.47 Å². The molecule has 2 saturated heterocycles. The van der Waals surface area contributed by atoms with Gasteiger partial charge in [-0.1, -0.05) is 0 Å². The first-order chi connectivity index (χ1) is 14.6. The Bertz CT molecular complexity index is 669. The third-order valence-corrected chi connectivity index (χ3v) is 5.51. The van der Waals surface area contributed by atoms with Gasteiger partial charge in [-0.3, -0.25) is 19.5 Å². The Labute approximate surface area is 177 Å². The normalized spacial score (nSPS) is 24.9. The topological polar surface area (TPSA) is 113 Å². The van der Waals surface area contributed by atoms with Gasteiger partial charge in [-0.25, -0.2) is 0 Å². The van der Waals surface area contributed by atoms with E-state index in [1.165, 1.54) is 0 Å². The Morgan fingerprint density at radius 1 is 1.17 bits per heavy atom. The van der Waals surface area contributed by atoms with Crippen LogP contribution in [0.3, 0.4) is 0 Å². The second-order valence-corrected chi connectivity index (χ2v) is 7.78. The molecule has 0 radical (unpaired) electrons. The number of ether oxygens (including phenoxy) is 2. The standard InChI is InChI=1S/C21H32N4O5/c26-15-19-18(24-21(28)14-25-9-11-29-12-10-25)2-1-17(30-19)13-20(27)23-8-5-16-3-6-22-7-4-16/h3-4,6-7,17-19,26H,1-2,5,8-15H2,(H,23,27)(H,24,28)/t17-,18+,19-/m0/s1. The van der Waals surface area contributed by atoms with Crippen LogP contribution >= 0.6 is 0 Å². The minimum absolute atomic E-state index is 0.0689. The number of nitrogens with one attached hydrogen (secondary N) is 2. The summed E-state index contributed by atoms with van der Waals surface area (Å²) in [5.41, 5.74) is 1.12. The predicted octanol–water partition coefficient (Wildman–Crippen LogP) is -0.513. The van der Waals surface area contributed by atoms with Gasteiger partial charge in [-0.15, -0.1) is 0 Å². The molecule has 2 aliphatic rings. The molecule has 9 nitrogen and oxygen atoms in total. The highest BCUT2D eigenvalue weighted by atomic mass is 16.5. The number of aliphatic hydroxyl groups is 1. The van der Waals surface area contributed by atoms with Gasteiger partial charge in [0.2, 0.25) is 11.8 Å². The van der Waals surface area contributed by atoms with Crippen molar-refractivity contribution in [3.63, 3.8) is 0 Å². The summed E-state index contributed by atoms with van der Waals surface area (Å²) in [4.78, 5) is 30.6. The second kappa shape index (κ2) is 11.9. The molecule has 0 aliphatic carbocycles. The lowest BCUT2D eigenvalue weighted by Crippen LogP contribution is -2.53. The molecule has 3 N–H and O–H groups in total. The van der Waals surface area contributed by atoms with E-state index in [-0.39, 0.29) is 37.0 Å². The highest BCUT2D eigenvalue weighted by molar-refractivity contribution is 5.78. The maximum Gasteiger partial charge on any atom is 0.234 e. The number of nitrogens with zero attached hydrogens (tertiary/aromatic N) is 2. The van der Waals surface area contributed by atoms with Crippen LogP contribution in [0.25, 0.3) is 0 Å². The van der Waals surface area contributed by atoms with Crippen molar-refractivity contribution in [2.24, 2.45) is 0 Å². The van der Waals surface area contributed by atoms with Crippen LogP contribution in [0.1, 0.15) is 24.8 Å². The molecule has 1 aromatic heterocycles. The maximum absolute atomic E-state index is 12.3. The molecule has 0 spiro atoms. The Morgan fingerprint density at radius 3 is 2.67 bits per heavy atom. The molecule has 2 aliphatic heterocycles. The molecule has 3 rings (SSSR count). The van der Waals surface area contributed by atoms with Crippen LogP contribution in [0.5, 0.6) is 0 Å². The Kier molecular flexibility index (Phi) is 9.00. The zero-order valence-corrected chi connectivity index (χ0v) is 17.3. The Balaban J connectivity index is 1.36. The average Bonchev–Trinajstić information content (AvgIpc) is 2.76. The van der Waals surface area contributed by atoms with Gasteiger partial charge in [0, 0.05) is 32.0 Å². The second-order valence-electron chi connectivity index (χ2n) is 7.78. The molecule has 0 bridgehead atoms. The summed E-state index contributed by atoms with van der Waals surface area (Å²) in [5, 5.41) is 15.6. The van der Waals surface area contributed by atoms with Crippen molar-refractivity contribution < 1.29 is 24.2 Å². The number of amides is 2. The van der Waals surface area contributed by atoms with Crippen molar-refractivity contribution in [1.29, 1.82) is 0 Å². The lowest BCUT2D eigenvalue weighted by Gasteiger charge is -2.36. The SMILES string of the molecule is O=C(C[C@@H]1CC[C@@H](NC(=O)CN2CCOCC2)[C@H](CO)O1)NCCc1ccncc1. The minimum atomic E-state index is -0.498.